The number of rotatable bonds is 4. The van der Waals surface area contributed by atoms with Crippen LogP contribution < -0.4 is 10.6 Å². The summed E-state index contributed by atoms with van der Waals surface area (Å²) in [4.78, 5) is 16.5. The predicted molar refractivity (Wildman–Crippen MR) is 77.5 cm³/mol. The molecule has 0 bridgehead atoms. The molecule has 0 aromatic carbocycles. The molecule has 1 fully saturated rings. The average molecular weight is 272 g/mol. The second-order valence-electron chi connectivity index (χ2n) is 5.28. The number of pyridine rings is 1. The van der Waals surface area contributed by atoms with Gasteiger partial charge in [-0.1, -0.05) is 6.07 Å². The molecule has 0 radical (unpaired) electrons. The van der Waals surface area contributed by atoms with E-state index in [4.69, 9.17) is 0 Å². The molecular formula is C15H20N4O. The Hall–Kier alpha value is -1.88. The zero-order valence-electron chi connectivity index (χ0n) is 11.5. The molecule has 0 saturated carbocycles. The molecule has 3 heterocycles. The van der Waals surface area contributed by atoms with Crippen LogP contribution in [0.1, 0.15) is 18.5 Å². The molecular weight excluding hydrogens is 252 g/mol. The normalized spacial score (nSPS) is 19.1. The van der Waals surface area contributed by atoms with Crippen molar-refractivity contribution >= 4 is 11.6 Å². The lowest BCUT2D eigenvalue weighted by Crippen LogP contribution is -2.41. The molecule has 1 aliphatic heterocycles. The summed E-state index contributed by atoms with van der Waals surface area (Å²) in [6, 6.07) is 5.94. The molecule has 1 atom stereocenters. The maximum Gasteiger partial charge on any atom is 0.224 e. The molecule has 5 nitrogen and oxygen atoms in total. The van der Waals surface area contributed by atoms with Crippen LogP contribution >= 0.6 is 0 Å². The van der Waals surface area contributed by atoms with E-state index >= 15 is 0 Å². The molecule has 0 spiro atoms. The number of hydrogen-bond acceptors (Lipinski definition) is 3. The molecule has 2 aromatic heterocycles. The number of carbonyl (C=O) groups excluding carboxylic acids is 1. The van der Waals surface area contributed by atoms with E-state index in [2.05, 4.69) is 15.6 Å². The second-order valence-corrected chi connectivity index (χ2v) is 5.28. The number of nitrogens with zero attached hydrogens (tertiary/aromatic N) is 2. The highest BCUT2D eigenvalue weighted by atomic mass is 16.1. The minimum Gasteiger partial charge on any atom is -0.355 e. The van der Waals surface area contributed by atoms with Crippen molar-refractivity contribution in [3.05, 3.63) is 36.3 Å². The van der Waals surface area contributed by atoms with Crippen molar-refractivity contribution < 1.29 is 4.79 Å². The van der Waals surface area contributed by atoms with Crippen LogP contribution in [-0.2, 0) is 11.2 Å². The van der Waals surface area contributed by atoms with Crippen LogP contribution in [-0.4, -0.2) is 34.9 Å². The van der Waals surface area contributed by atoms with E-state index in [-0.39, 0.29) is 11.8 Å². The van der Waals surface area contributed by atoms with Gasteiger partial charge in [0.05, 0.1) is 11.6 Å². The summed E-state index contributed by atoms with van der Waals surface area (Å²) in [6.45, 7) is 2.49. The largest absolute Gasteiger partial charge is 0.355 e. The van der Waals surface area contributed by atoms with Crippen LogP contribution in [0.25, 0.3) is 5.65 Å². The quantitative estimate of drug-likeness (QED) is 0.873. The van der Waals surface area contributed by atoms with E-state index in [9.17, 15) is 4.79 Å². The molecule has 2 aromatic rings. The fourth-order valence-electron chi connectivity index (χ4n) is 2.64. The van der Waals surface area contributed by atoms with Gasteiger partial charge in [0.1, 0.15) is 5.65 Å². The maximum absolute atomic E-state index is 12.0. The van der Waals surface area contributed by atoms with Crippen LogP contribution in [0, 0.1) is 5.92 Å². The summed E-state index contributed by atoms with van der Waals surface area (Å²) in [6.07, 6.45) is 6.85. The third-order valence-corrected chi connectivity index (χ3v) is 3.76. The van der Waals surface area contributed by atoms with Crippen molar-refractivity contribution in [1.82, 2.24) is 20.0 Å². The first-order valence-corrected chi connectivity index (χ1v) is 7.24. The van der Waals surface area contributed by atoms with Crippen molar-refractivity contribution in [3.8, 4) is 0 Å². The Labute approximate surface area is 118 Å². The van der Waals surface area contributed by atoms with E-state index in [1.165, 1.54) is 0 Å². The number of hydrogen-bond donors (Lipinski definition) is 2. The highest BCUT2D eigenvalue weighted by molar-refractivity contribution is 5.78. The van der Waals surface area contributed by atoms with E-state index in [0.29, 0.717) is 6.54 Å². The first-order chi connectivity index (χ1) is 9.83. The Balaban J connectivity index is 1.50. The molecule has 3 rings (SSSR count). The summed E-state index contributed by atoms with van der Waals surface area (Å²) in [5.41, 5.74) is 1.96. The lowest BCUT2D eigenvalue weighted by molar-refractivity contribution is -0.125. The second kappa shape index (κ2) is 6.05. The van der Waals surface area contributed by atoms with Gasteiger partial charge < -0.3 is 15.0 Å². The minimum absolute atomic E-state index is 0.129. The van der Waals surface area contributed by atoms with Gasteiger partial charge in [-0.05, 0) is 31.5 Å². The van der Waals surface area contributed by atoms with Gasteiger partial charge in [0.25, 0.3) is 0 Å². The van der Waals surface area contributed by atoms with Crippen LogP contribution in [0.5, 0.6) is 0 Å². The lowest BCUT2D eigenvalue weighted by atomic mass is 9.99. The molecule has 1 saturated heterocycles. The highest BCUT2D eigenvalue weighted by Crippen LogP contribution is 2.10. The lowest BCUT2D eigenvalue weighted by Gasteiger charge is -2.21. The summed E-state index contributed by atoms with van der Waals surface area (Å²) in [5.74, 6) is 0.297. The van der Waals surface area contributed by atoms with Gasteiger partial charge in [-0.2, -0.15) is 0 Å². The van der Waals surface area contributed by atoms with Crippen molar-refractivity contribution in [2.24, 2.45) is 5.92 Å². The first kappa shape index (κ1) is 13.1. The molecule has 106 valence electrons. The van der Waals surface area contributed by atoms with Crippen molar-refractivity contribution in [1.29, 1.82) is 0 Å². The smallest absolute Gasteiger partial charge is 0.224 e. The van der Waals surface area contributed by atoms with Crippen LogP contribution in [0.15, 0.2) is 30.6 Å². The van der Waals surface area contributed by atoms with E-state index in [1.54, 1.807) is 0 Å². The topological polar surface area (TPSA) is 58.4 Å². The summed E-state index contributed by atoms with van der Waals surface area (Å²) in [7, 11) is 0. The van der Waals surface area contributed by atoms with Gasteiger partial charge in [-0.25, -0.2) is 4.98 Å². The Morgan fingerprint density at radius 1 is 1.50 bits per heavy atom. The van der Waals surface area contributed by atoms with Gasteiger partial charge in [0, 0.05) is 31.9 Å². The minimum atomic E-state index is 0.129. The molecule has 2 N–H and O–H groups in total. The number of aromatic nitrogens is 2. The van der Waals surface area contributed by atoms with Crippen LogP contribution in [0.2, 0.25) is 0 Å². The van der Waals surface area contributed by atoms with E-state index in [0.717, 1.165) is 43.7 Å². The zero-order valence-corrected chi connectivity index (χ0v) is 11.5. The number of fused-ring (bicyclic) bond motifs is 1. The van der Waals surface area contributed by atoms with Crippen molar-refractivity contribution in [3.63, 3.8) is 0 Å². The van der Waals surface area contributed by atoms with Gasteiger partial charge in [0.15, 0.2) is 0 Å². The van der Waals surface area contributed by atoms with Gasteiger partial charge in [-0.15, -0.1) is 0 Å². The molecule has 1 amide bonds. The highest BCUT2D eigenvalue weighted by Gasteiger charge is 2.20. The summed E-state index contributed by atoms with van der Waals surface area (Å²) >= 11 is 0. The predicted octanol–water partition coefficient (Wildman–Crippen LogP) is 0.993. The third kappa shape index (κ3) is 2.99. The fraction of sp³-hybridized carbons (Fsp3) is 0.467. The van der Waals surface area contributed by atoms with Crippen LogP contribution in [0.4, 0.5) is 0 Å². The van der Waals surface area contributed by atoms with Crippen molar-refractivity contribution in [2.45, 2.75) is 19.3 Å². The summed E-state index contributed by atoms with van der Waals surface area (Å²) < 4.78 is 2.00. The summed E-state index contributed by atoms with van der Waals surface area (Å²) in [5, 5.41) is 6.28. The Morgan fingerprint density at radius 3 is 3.25 bits per heavy atom. The molecule has 5 heteroatoms. The number of imidazole rings is 1. The molecule has 1 unspecified atom stereocenters. The third-order valence-electron chi connectivity index (χ3n) is 3.76. The first-order valence-electron chi connectivity index (χ1n) is 7.24. The van der Waals surface area contributed by atoms with Crippen molar-refractivity contribution in [2.75, 3.05) is 19.6 Å². The van der Waals surface area contributed by atoms with E-state index in [1.807, 2.05) is 35.0 Å². The number of carbonyl (C=O) groups is 1. The van der Waals surface area contributed by atoms with Gasteiger partial charge in [0.2, 0.25) is 5.91 Å². The van der Waals surface area contributed by atoms with Gasteiger partial charge in [-0.3, -0.25) is 4.79 Å². The molecule has 0 aliphatic carbocycles. The maximum atomic E-state index is 12.0. The van der Waals surface area contributed by atoms with Crippen LogP contribution in [0.3, 0.4) is 0 Å². The number of nitrogens with one attached hydrogen (secondary N) is 2. The number of piperidine rings is 1. The molecule has 20 heavy (non-hydrogen) atoms. The number of amides is 1. The Bertz CT molecular complexity index is 553. The Morgan fingerprint density at radius 2 is 2.45 bits per heavy atom. The standard InChI is InChI=1S/C15H20N4O/c20-15(12-4-3-7-16-10-12)17-8-6-13-11-19-9-2-1-5-14(19)18-13/h1-2,5,9,11-12,16H,3-4,6-8,10H2,(H,17,20). The van der Waals surface area contributed by atoms with Gasteiger partial charge >= 0.3 is 0 Å². The SMILES string of the molecule is O=C(NCCc1cn2ccccc2n1)C1CCCNC1. The van der Waals surface area contributed by atoms with E-state index < -0.39 is 0 Å². The average Bonchev–Trinajstić information content (AvgIpc) is 2.90. The zero-order chi connectivity index (χ0) is 13.8. The molecule has 1 aliphatic rings. The monoisotopic (exact) mass is 272 g/mol. The fourth-order valence-corrected chi connectivity index (χ4v) is 2.64. The Kier molecular flexibility index (Phi) is 3.97.